The number of esters is 1. The molecule has 0 aliphatic rings. The third-order valence-electron chi connectivity index (χ3n) is 2.45. The Morgan fingerprint density at radius 1 is 1.50 bits per heavy atom. The van der Waals surface area contributed by atoms with Crippen LogP contribution in [0.25, 0.3) is 10.9 Å². The lowest BCUT2D eigenvalue weighted by molar-refractivity contribution is -0.149. The number of ether oxygens (including phenoxy) is 2. The van der Waals surface area contributed by atoms with Gasteiger partial charge in [0.05, 0.1) is 14.7 Å². The lowest BCUT2D eigenvalue weighted by atomic mass is 10.2. The lowest BCUT2D eigenvalue weighted by Gasteiger charge is -2.12. The van der Waals surface area contributed by atoms with Gasteiger partial charge in [0.15, 0.2) is 12.4 Å². The smallest absolute Gasteiger partial charge is 0.344 e. The Morgan fingerprint density at radius 2 is 2.25 bits per heavy atom. The highest BCUT2D eigenvalue weighted by Gasteiger charge is 2.14. The van der Waals surface area contributed by atoms with Gasteiger partial charge in [-0.3, -0.25) is 4.98 Å². The zero-order chi connectivity index (χ0) is 14.7. The predicted molar refractivity (Wildman–Crippen MR) is 86.2 cm³/mol. The van der Waals surface area contributed by atoms with Gasteiger partial charge in [-0.15, -0.1) is 0 Å². The van der Waals surface area contributed by atoms with Gasteiger partial charge in [0.1, 0.15) is 5.52 Å². The molecule has 1 aromatic carbocycles. The van der Waals surface area contributed by atoms with Crippen LogP contribution < -0.4 is 4.74 Å². The second kappa shape index (κ2) is 6.58. The number of carbonyl (C=O) groups is 1. The summed E-state index contributed by atoms with van der Waals surface area (Å²) in [5.41, 5.74) is 0.641. The van der Waals surface area contributed by atoms with E-state index in [1.165, 1.54) is 0 Å². The quantitative estimate of drug-likeness (QED) is 0.573. The molecule has 0 fully saturated rings. The van der Waals surface area contributed by atoms with Crippen LogP contribution in [0.4, 0.5) is 0 Å². The number of fused-ring (bicyclic) bond motifs is 1. The van der Waals surface area contributed by atoms with Crippen LogP contribution in [0.2, 0.25) is 5.02 Å². The number of pyridine rings is 1. The maximum Gasteiger partial charge on any atom is 0.344 e. The molecule has 0 unspecified atom stereocenters. The van der Waals surface area contributed by atoms with Crippen molar-refractivity contribution in [3.8, 4) is 5.75 Å². The van der Waals surface area contributed by atoms with Crippen molar-refractivity contribution in [3.63, 3.8) is 0 Å². The molecule has 2 rings (SSSR count). The summed E-state index contributed by atoms with van der Waals surface area (Å²) < 4.78 is 11.4. The van der Waals surface area contributed by atoms with E-state index >= 15 is 0 Å². The molecule has 0 aliphatic heterocycles. The fourth-order valence-corrected chi connectivity index (χ4v) is 2.88. The summed E-state index contributed by atoms with van der Waals surface area (Å²) in [6.07, 6.45) is 1.50. The van der Waals surface area contributed by atoms with E-state index in [2.05, 4.69) is 27.6 Å². The van der Waals surface area contributed by atoms with Crippen molar-refractivity contribution in [2.24, 2.45) is 0 Å². The summed E-state index contributed by atoms with van der Waals surface area (Å²) in [6, 6.07) is 5.45. The highest BCUT2D eigenvalue weighted by molar-refractivity contribution is 14.1. The van der Waals surface area contributed by atoms with Crippen molar-refractivity contribution < 1.29 is 14.3 Å². The molecule has 106 valence electrons. The van der Waals surface area contributed by atoms with Crippen LogP contribution in [0.15, 0.2) is 24.4 Å². The first-order valence-corrected chi connectivity index (χ1v) is 7.49. The summed E-state index contributed by atoms with van der Waals surface area (Å²) in [4.78, 5) is 15.8. The Hall–Kier alpha value is -1.08. The molecular formula is C14H13ClINO3. The first-order chi connectivity index (χ1) is 9.49. The number of aromatic nitrogens is 1. The summed E-state index contributed by atoms with van der Waals surface area (Å²) in [7, 11) is 0. The molecule has 0 aliphatic carbocycles. The van der Waals surface area contributed by atoms with Crippen LogP contribution in [0.1, 0.15) is 13.8 Å². The average Bonchev–Trinajstić information content (AvgIpc) is 2.37. The molecule has 0 saturated carbocycles. The maximum absolute atomic E-state index is 11.5. The van der Waals surface area contributed by atoms with Gasteiger partial charge in [-0.1, -0.05) is 11.6 Å². The molecule has 0 radical (unpaired) electrons. The van der Waals surface area contributed by atoms with Gasteiger partial charge in [0, 0.05) is 11.6 Å². The molecule has 6 heteroatoms. The maximum atomic E-state index is 11.5. The van der Waals surface area contributed by atoms with E-state index < -0.39 is 5.97 Å². The van der Waals surface area contributed by atoms with Crippen molar-refractivity contribution in [1.29, 1.82) is 0 Å². The van der Waals surface area contributed by atoms with E-state index in [-0.39, 0.29) is 12.7 Å². The molecule has 0 amide bonds. The number of rotatable bonds is 4. The summed E-state index contributed by atoms with van der Waals surface area (Å²) in [5.74, 6) is 0.140. The third kappa shape index (κ3) is 3.52. The van der Waals surface area contributed by atoms with Crippen LogP contribution in [-0.4, -0.2) is 23.7 Å². The van der Waals surface area contributed by atoms with E-state index in [1.54, 1.807) is 32.2 Å². The number of carbonyl (C=O) groups excluding carboxylic acids is 1. The van der Waals surface area contributed by atoms with Gasteiger partial charge in [0.25, 0.3) is 0 Å². The van der Waals surface area contributed by atoms with E-state index in [4.69, 9.17) is 21.1 Å². The minimum atomic E-state index is -0.408. The second-order valence-corrected chi connectivity index (χ2v) is 5.97. The Labute approximate surface area is 135 Å². The molecule has 0 N–H and O–H groups in total. The molecular weight excluding hydrogens is 393 g/mol. The first-order valence-electron chi connectivity index (χ1n) is 6.04. The van der Waals surface area contributed by atoms with Crippen molar-refractivity contribution in [1.82, 2.24) is 4.98 Å². The number of hydrogen-bond donors (Lipinski definition) is 0. The molecule has 1 heterocycles. The molecule has 2 aromatic rings. The predicted octanol–water partition coefficient (Wildman–Crippen LogP) is 3.82. The van der Waals surface area contributed by atoms with Crippen LogP contribution in [0.3, 0.4) is 0 Å². The van der Waals surface area contributed by atoms with Gasteiger partial charge in [-0.05, 0) is 54.6 Å². The van der Waals surface area contributed by atoms with Gasteiger partial charge in [0.2, 0.25) is 0 Å². The number of hydrogen-bond acceptors (Lipinski definition) is 4. The number of halogens is 2. The zero-order valence-electron chi connectivity index (χ0n) is 11.0. The van der Waals surface area contributed by atoms with E-state index in [0.29, 0.717) is 16.3 Å². The van der Waals surface area contributed by atoms with Gasteiger partial charge < -0.3 is 9.47 Å². The highest BCUT2D eigenvalue weighted by Crippen LogP contribution is 2.34. The average molecular weight is 406 g/mol. The summed E-state index contributed by atoms with van der Waals surface area (Å²) in [5, 5.41) is 1.40. The Kier molecular flexibility index (Phi) is 5.04. The van der Waals surface area contributed by atoms with Crippen molar-refractivity contribution in [2.75, 3.05) is 6.61 Å². The van der Waals surface area contributed by atoms with Crippen LogP contribution in [0.5, 0.6) is 5.75 Å². The fraction of sp³-hybridized carbons (Fsp3) is 0.286. The Bertz CT molecular complexity index is 646. The van der Waals surface area contributed by atoms with E-state index in [0.717, 1.165) is 8.96 Å². The second-order valence-electron chi connectivity index (χ2n) is 4.40. The molecule has 1 aromatic heterocycles. The zero-order valence-corrected chi connectivity index (χ0v) is 13.9. The Morgan fingerprint density at radius 3 is 2.95 bits per heavy atom. The third-order valence-corrected chi connectivity index (χ3v) is 3.57. The molecule has 20 heavy (non-hydrogen) atoms. The summed E-state index contributed by atoms with van der Waals surface area (Å²) >= 11 is 8.28. The largest absolute Gasteiger partial charge is 0.478 e. The highest BCUT2D eigenvalue weighted by atomic mass is 127. The lowest BCUT2D eigenvalue weighted by Crippen LogP contribution is -2.19. The van der Waals surface area contributed by atoms with Gasteiger partial charge in [-0.2, -0.15) is 0 Å². The van der Waals surface area contributed by atoms with Gasteiger partial charge in [-0.25, -0.2) is 4.79 Å². The monoisotopic (exact) mass is 405 g/mol. The van der Waals surface area contributed by atoms with Crippen LogP contribution >= 0.6 is 34.2 Å². The SMILES string of the molecule is CC(C)OC(=O)COc1c(I)cc(Cl)c2cccnc12. The van der Waals surface area contributed by atoms with Crippen LogP contribution in [0, 0.1) is 3.57 Å². The molecule has 0 atom stereocenters. The van der Waals surface area contributed by atoms with E-state index in [1.807, 2.05) is 6.07 Å². The molecule has 0 spiro atoms. The van der Waals surface area contributed by atoms with Crippen molar-refractivity contribution >= 4 is 51.1 Å². The minimum absolute atomic E-state index is 0.151. The molecule has 0 bridgehead atoms. The number of benzene rings is 1. The Balaban J connectivity index is 2.28. The first kappa shape index (κ1) is 15.3. The molecule has 4 nitrogen and oxygen atoms in total. The standard InChI is InChI=1S/C14H13ClINO3/c1-8(2)20-12(18)7-19-14-11(16)6-10(15)9-4-3-5-17-13(9)14/h3-6,8H,7H2,1-2H3. The summed E-state index contributed by atoms with van der Waals surface area (Å²) in [6.45, 7) is 3.43. The van der Waals surface area contributed by atoms with Gasteiger partial charge >= 0.3 is 5.97 Å². The van der Waals surface area contributed by atoms with Crippen LogP contribution in [-0.2, 0) is 9.53 Å². The van der Waals surface area contributed by atoms with Crippen molar-refractivity contribution in [3.05, 3.63) is 33.0 Å². The van der Waals surface area contributed by atoms with E-state index in [9.17, 15) is 4.79 Å². The topological polar surface area (TPSA) is 48.4 Å². The number of nitrogens with zero attached hydrogens (tertiary/aromatic N) is 1. The fourth-order valence-electron chi connectivity index (χ4n) is 1.71. The van der Waals surface area contributed by atoms with Crippen molar-refractivity contribution in [2.45, 2.75) is 20.0 Å². The normalized spacial score (nSPS) is 10.8. The minimum Gasteiger partial charge on any atom is -0.478 e. The molecule has 0 saturated heterocycles.